The molecular formula is C15H10Cl2F4N4O2. The highest BCUT2D eigenvalue weighted by Gasteiger charge is 2.53. The molecule has 0 spiro atoms. The molecule has 1 aliphatic rings. The van der Waals surface area contributed by atoms with Crippen molar-refractivity contribution < 1.29 is 27.5 Å². The highest BCUT2D eigenvalue weighted by molar-refractivity contribution is 6.42. The van der Waals surface area contributed by atoms with Crippen LogP contribution < -0.4 is 0 Å². The van der Waals surface area contributed by atoms with Crippen LogP contribution in [0.15, 0.2) is 29.4 Å². The van der Waals surface area contributed by atoms with Crippen LogP contribution in [-0.4, -0.2) is 50.5 Å². The van der Waals surface area contributed by atoms with Crippen LogP contribution in [0.3, 0.4) is 0 Å². The molecule has 2 N–H and O–H groups in total. The molecule has 2 heterocycles. The molecule has 144 valence electrons. The lowest BCUT2D eigenvalue weighted by atomic mass is 10.1. The van der Waals surface area contributed by atoms with Crippen LogP contribution in [0.4, 0.5) is 17.6 Å². The van der Waals surface area contributed by atoms with E-state index in [9.17, 15) is 27.5 Å². The first-order chi connectivity index (χ1) is 12.6. The number of hydrazone groups is 1. The van der Waals surface area contributed by atoms with Crippen molar-refractivity contribution in [1.82, 2.24) is 15.2 Å². The zero-order valence-electron chi connectivity index (χ0n) is 13.1. The minimum atomic E-state index is -3.51. The first-order valence-electron chi connectivity index (χ1n) is 7.35. The molecule has 1 atom stereocenters. The van der Waals surface area contributed by atoms with E-state index in [1.165, 1.54) is 18.2 Å². The fourth-order valence-corrected chi connectivity index (χ4v) is 2.75. The second kappa shape index (κ2) is 7.10. The van der Waals surface area contributed by atoms with Crippen molar-refractivity contribution >= 4 is 34.8 Å². The number of aromatic amines is 1. The average molecular weight is 425 g/mol. The van der Waals surface area contributed by atoms with Crippen molar-refractivity contribution in [2.24, 2.45) is 5.10 Å². The van der Waals surface area contributed by atoms with Crippen molar-refractivity contribution in [2.75, 3.05) is 0 Å². The molecule has 0 saturated heterocycles. The number of amides is 1. The number of nitrogens with one attached hydrogen (secondary N) is 1. The Morgan fingerprint density at radius 3 is 2.52 bits per heavy atom. The van der Waals surface area contributed by atoms with Gasteiger partial charge in [0.2, 0.25) is 5.72 Å². The zero-order valence-corrected chi connectivity index (χ0v) is 14.6. The number of carbonyl (C=O) groups is 1. The second-order valence-electron chi connectivity index (χ2n) is 5.66. The lowest BCUT2D eigenvalue weighted by Gasteiger charge is -2.29. The highest BCUT2D eigenvalue weighted by atomic mass is 35.5. The zero-order chi connectivity index (χ0) is 19.9. The molecular weight excluding hydrogens is 415 g/mol. The molecule has 1 unspecified atom stereocenters. The number of hydrogen-bond acceptors (Lipinski definition) is 4. The van der Waals surface area contributed by atoms with Crippen molar-refractivity contribution in [1.29, 1.82) is 0 Å². The van der Waals surface area contributed by atoms with Crippen molar-refractivity contribution in [3.8, 4) is 11.3 Å². The summed E-state index contributed by atoms with van der Waals surface area (Å²) in [6, 6.07) is 5.69. The molecule has 1 amide bonds. The quantitative estimate of drug-likeness (QED) is 0.732. The summed E-state index contributed by atoms with van der Waals surface area (Å²) in [6.45, 7) is 0. The average Bonchev–Trinajstić information content (AvgIpc) is 3.22. The van der Waals surface area contributed by atoms with Gasteiger partial charge < -0.3 is 5.11 Å². The van der Waals surface area contributed by atoms with Crippen molar-refractivity contribution in [3.63, 3.8) is 0 Å². The third-order valence-corrected chi connectivity index (χ3v) is 4.59. The molecule has 0 saturated carbocycles. The maximum absolute atomic E-state index is 13.2. The number of aromatic nitrogens is 2. The van der Waals surface area contributed by atoms with E-state index in [1.54, 1.807) is 6.07 Å². The van der Waals surface area contributed by atoms with Gasteiger partial charge in [0.05, 0.1) is 15.7 Å². The van der Waals surface area contributed by atoms with Crippen LogP contribution in [0, 0.1) is 0 Å². The molecule has 0 bridgehead atoms. The molecule has 0 fully saturated rings. The van der Waals surface area contributed by atoms with E-state index in [0.29, 0.717) is 10.6 Å². The third-order valence-electron chi connectivity index (χ3n) is 3.85. The summed E-state index contributed by atoms with van der Waals surface area (Å²) < 4.78 is 52.1. The Hall–Kier alpha value is -2.17. The molecule has 0 radical (unpaired) electrons. The number of carbonyl (C=O) groups excluding carboxylic acids is 1. The van der Waals surface area contributed by atoms with Crippen molar-refractivity contribution in [2.45, 2.75) is 25.0 Å². The standard InChI is InChI=1S/C15H10Cl2F4N4O2/c16-7-2-1-6(3-8(7)17)9-4-10(23-22-9)13(26)25-15(27,14(20)21)5-11(24-25)12(18)19/h1-4,12,14,27H,5H2,(H,22,23). The maximum atomic E-state index is 13.2. The molecule has 0 aliphatic carbocycles. The minimum absolute atomic E-state index is 0.0503. The van der Waals surface area contributed by atoms with Crippen LogP contribution in [0.25, 0.3) is 11.3 Å². The second-order valence-corrected chi connectivity index (χ2v) is 6.48. The first-order valence-corrected chi connectivity index (χ1v) is 8.10. The lowest BCUT2D eigenvalue weighted by Crippen LogP contribution is -2.51. The van der Waals surface area contributed by atoms with E-state index in [-0.39, 0.29) is 21.4 Å². The Labute approximate surface area is 159 Å². The summed E-state index contributed by atoms with van der Waals surface area (Å²) >= 11 is 11.7. The van der Waals surface area contributed by atoms with Gasteiger partial charge in [0.1, 0.15) is 11.4 Å². The van der Waals surface area contributed by atoms with E-state index in [0.717, 1.165) is 0 Å². The van der Waals surface area contributed by atoms with Gasteiger partial charge in [0.25, 0.3) is 18.8 Å². The Bertz CT molecular complexity index is 921. The van der Waals surface area contributed by atoms with Gasteiger partial charge in [0.15, 0.2) is 0 Å². The van der Waals surface area contributed by atoms with Gasteiger partial charge in [-0.2, -0.15) is 15.2 Å². The van der Waals surface area contributed by atoms with Gasteiger partial charge in [-0.05, 0) is 18.2 Å². The number of nitrogens with zero attached hydrogens (tertiary/aromatic N) is 3. The van der Waals surface area contributed by atoms with Crippen LogP contribution >= 0.6 is 23.2 Å². The summed E-state index contributed by atoms with van der Waals surface area (Å²) in [4.78, 5) is 12.5. The summed E-state index contributed by atoms with van der Waals surface area (Å²) in [6.07, 6.45) is -7.87. The predicted octanol–water partition coefficient (Wildman–Crippen LogP) is 3.80. The molecule has 12 heteroatoms. The van der Waals surface area contributed by atoms with Crippen molar-refractivity contribution in [3.05, 3.63) is 40.0 Å². The van der Waals surface area contributed by atoms with Gasteiger partial charge in [0, 0.05) is 12.0 Å². The SMILES string of the molecule is O=C(c1cc(-c2ccc(Cl)c(Cl)c2)n[nH]1)N1N=C(C(F)F)CC1(O)C(F)F. The van der Waals surface area contributed by atoms with Gasteiger partial charge in [-0.25, -0.2) is 17.6 Å². The highest BCUT2D eigenvalue weighted by Crippen LogP contribution is 2.34. The predicted molar refractivity (Wildman–Crippen MR) is 89.2 cm³/mol. The van der Waals surface area contributed by atoms with Gasteiger partial charge in [-0.1, -0.05) is 29.3 Å². The van der Waals surface area contributed by atoms with Gasteiger partial charge in [-0.3, -0.25) is 9.89 Å². The molecule has 1 aromatic heterocycles. The minimum Gasteiger partial charge on any atom is -0.364 e. The Morgan fingerprint density at radius 1 is 1.22 bits per heavy atom. The van der Waals surface area contributed by atoms with Gasteiger partial charge in [-0.15, -0.1) is 0 Å². The molecule has 27 heavy (non-hydrogen) atoms. The first kappa shape index (κ1) is 19.6. The number of halogens is 6. The van der Waals surface area contributed by atoms with Crippen LogP contribution in [0.1, 0.15) is 16.9 Å². The van der Waals surface area contributed by atoms with E-state index < -0.39 is 36.6 Å². The number of H-pyrrole nitrogens is 1. The molecule has 3 rings (SSSR count). The fourth-order valence-electron chi connectivity index (χ4n) is 2.45. The molecule has 1 aliphatic heterocycles. The normalized spacial score (nSPS) is 19.9. The Balaban J connectivity index is 1.93. The van der Waals surface area contributed by atoms with E-state index in [4.69, 9.17) is 23.2 Å². The van der Waals surface area contributed by atoms with Crippen LogP contribution in [0.2, 0.25) is 10.0 Å². The molecule has 2 aromatic rings. The number of aliphatic hydroxyl groups is 1. The van der Waals surface area contributed by atoms with E-state index in [1.807, 2.05) is 0 Å². The van der Waals surface area contributed by atoms with Crippen LogP contribution in [-0.2, 0) is 0 Å². The summed E-state index contributed by atoms with van der Waals surface area (Å²) in [5, 5.41) is 19.8. The molecule has 1 aromatic carbocycles. The van der Waals surface area contributed by atoms with Crippen LogP contribution in [0.5, 0.6) is 0 Å². The smallest absolute Gasteiger partial charge is 0.294 e. The van der Waals surface area contributed by atoms with E-state index >= 15 is 0 Å². The number of benzene rings is 1. The Kier molecular flexibility index (Phi) is 5.15. The topological polar surface area (TPSA) is 81.6 Å². The lowest BCUT2D eigenvalue weighted by molar-refractivity contribution is -0.164. The summed E-state index contributed by atoms with van der Waals surface area (Å²) in [5.41, 5.74) is -3.85. The number of hydrogen-bond donors (Lipinski definition) is 2. The Morgan fingerprint density at radius 2 is 1.93 bits per heavy atom. The summed E-state index contributed by atoms with van der Waals surface area (Å²) in [7, 11) is 0. The number of rotatable bonds is 4. The number of alkyl halides is 4. The molecule has 6 nitrogen and oxygen atoms in total. The van der Waals surface area contributed by atoms with Gasteiger partial charge >= 0.3 is 0 Å². The fraction of sp³-hybridized carbons (Fsp3) is 0.267. The third kappa shape index (κ3) is 3.52. The monoisotopic (exact) mass is 424 g/mol. The maximum Gasteiger partial charge on any atom is 0.294 e. The van der Waals surface area contributed by atoms with E-state index in [2.05, 4.69) is 15.3 Å². The largest absolute Gasteiger partial charge is 0.364 e. The summed E-state index contributed by atoms with van der Waals surface area (Å²) in [5.74, 6) is -1.24.